The minimum absolute atomic E-state index is 0.158. The molecule has 4 rings (SSSR count). The average Bonchev–Trinajstić information content (AvgIpc) is 3.20. The van der Waals surface area contributed by atoms with Crippen LogP contribution in [-0.4, -0.2) is 30.0 Å². The Morgan fingerprint density at radius 1 is 1.24 bits per heavy atom. The molecule has 2 aromatic heterocycles. The van der Waals surface area contributed by atoms with Gasteiger partial charge in [0.1, 0.15) is 11.4 Å². The number of nitrogens with one attached hydrogen (secondary N) is 1. The van der Waals surface area contributed by atoms with Gasteiger partial charge in [-0.05, 0) is 37.8 Å². The Morgan fingerprint density at radius 3 is 2.81 bits per heavy atom. The number of carbonyl (C=O) groups excluding carboxylic acids is 1. The van der Waals surface area contributed by atoms with E-state index in [1.165, 1.54) is 0 Å². The molecule has 5 heteroatoms. The van der Waals surface area contributed by atoms with E-state index in [9.17, 15) is 4.79 Å². The first-order chi connectivity index (χ1) is 10.3. The molecule has 1 amide bonds. The molecule has 1 aliphatic carbocycles. The second kappa shape index (κ2) is 5.06. The van der Waals surface area contributed by atoms with E-state index in [-0.39, 0.29) is 11.8 Å². The predicted molar refractivity (Wildman–Crippen MR) is 80.1 cm³/mol. The Hall–Kier alpha value is -2.04. The molecule has 0 bridgehead atoms. The van der Waals surface area contributed by atoms with E-state index < -0.39 is 0 Å². The second-order valence-electron chi connectivity index (χ2n) is 6.01. The molecule has 1 saturated heterocycles. The van der Waals surface area contributed by atoms with Gasteiger partial charge in [0.05, 0.1) is 11.6 Å². The van der Waals surface area contributed by atoms with Crippen molar-refractivity contribution in [3.8, 4) is 0 Å². The highest BCUT2D eigenvalue weighted by Gasteiger charge is 2.30. The van der Waals surface area contributed by atoms with E-state index in [1.807, 2.05) is 12.1 Å². The first-order valence-electron chi connectivity index (χ1n) is 7.69. The third-order valence-electron chi connectivity index (χ3n) is 4.45. The molecule has 110 valence electrons. The number of nitrogens with zero attached hydrogens (tertiary/aromatic N) is 2. The zero-order valence-electron chi connectivity index (χ0n) is 11.9. The van der Waals surface area contributed by atoms with Crippen molar-refractivity contribution in [3.63, 3.8) is 0 Å². The third kappa shape index (κ3) is 2.48. The van der Waals surface area contributed by atoms with E-state index >= 15 is 0 Å². The molecule has 2 aromatic rings. The largest absolute Gasteiger partial charge is 0.464 e. The van der Waals surface area contributed by atoms with Gasteiger partial charge in [-0.3, -0.25) is 4.79 Å². The van der Waals surface area contributed by atoms with Crippen molar-refractivity contribution in [2.24, 2.45) is 5.92 Å². The summed E-state index contributed by atoms with van der Waals surface area (Å²) >= 11 is 0. The van der Waals surface area contributed by atoms with Crippen LogP contribution in [0.25, 0.3) is 11.0 Å². The van der Waals surface area contributed by atoms with Gasteiger partial charge in [0.25, 0.3) is 0 Å². The normalized spacial score (nSPS) is 19.9. The molecule has 1 saturated carbocycles. The summed E-state index contributed by atoms with van der Waals surface area (Å²) in [7, 11) is 0. The molecule has 0 atom stereocenters. The monoisotopic (exact) mass is 285 g/mol. The highest BCUT2D eigenvalue weighted by Crippen LogP contribution is 2.29. The lowest BCUT2D eigenvalue weighted by molar-refractivity contribution is -0.125. The quantitative estimate of drug-likeness (QED) is 0.940. The van der Waals surface area contributed by atoms with Crippen LogP contribution in [0.4, 0.5) is 5.82 Å². The standard InChI is InChI=1S/C16H19N3O2/c20-16(18-12-1-2-12)11-4-8-19(9-5-11)15-13-6-10-21-14(13)3-7-17-15/h3,6-7,10-12H,1-2,4-5,8-9H2,(H,18,20). The summed E-state index contributed by atoms with van der Waals surface area (Å²) in [5, 5.41) is 4.17. The van der Waals surface area contributed by atoms with E-state index in [1.54, 1.807) is 12.5 Å². The van der Waals surface area contributed by atoms with Crippen LogP contribution < -0.4 is 10.2 Å². The Balaban J connectivity index is 1.44. The molecule has 2 aliphatic rings. The fraction of sp³-hybridized carbons (Fsp3) is 0.500. The number of pyridine rings is 1. The highest BCUT2D eigenvalue weighted by atomic mass is 16.3. The van der Waals surface area contributed by atoms with E-state index in [4.69, 9.17) is 4.42 Å². The van der Waals surface area contributed by atoms with Crippen LogP contribution in [0, 0.1) is 5.92 Å². The van der Waals surface area contributed by atoms with Crippen molar-refractivity contribution in [3.05, 3.63) is 24.6 Å². The Morgan fingerprint density at radius 2 is 2.05 bits per heavy atom. The summed E-state index contributed by atoms with van der Waals surface area (Å²) < 4.78 is 5.43. The lowest BCUT2D eigenvalue weighted by Gasteiger charge is -2.32. The van der Waals surface area contributed by atoms with Gasteiger partial charge in [-0.25, -0.2) is 4.98 Å². The van der Waals surface area contributed by atoms with Crippen LogP contribution in [0.1, 0.15) is 25.7 Å². The number of hydrogen-bond acceptors (Lipinski definition) is 4. The summed E-state index contributed by atoms with van der Waals surface area (Å²) in [4.78, 5) is 18.9. The number of piperidine rings is 1. The SMILES string of the molecule is O=C(NC1CC1)C1CCN(c2nccc3occc23)CC1. The van der Waals surface area contributed by atoms with Crippen molar-refractivity contribution >= 4 is 22.7 Å². The number of anilines is 1. The van der Waals surface area contributed by atoms with Crippen LogP contribution in [0.5, 0.6) is 0 Å². The minimum Gasteiger partial charge on any atom is -0.464 e. The summed E-state index contributed by atoms with van der Waals surface area (Å²) in [6, 6.07) is 4.30. The second-order valence-corrected chi connectivity index (χ2v) is 6.01. The van der Waals surface area contributed by atoms with Gasteiger partial charge in [0.15, 0.2) is 0 Å². The minimum atomic E-state index is 0.158. The van der Waals surface area contributed by atoms with Crippen molar-refractivity contribution < 1.29 is 9.21 Å². The average molecular weight is 285 g/mol. The van der Waals surface area contributed by atoms with Crippen LogP contribution in [0.2, 0.25) is 0 Å². The van der Waals surface area contributed by atoms with Gasteiger partial charge in [-0.15, -0.1) is 0 Å². The molecular formula is C16H19N3O2. The Kier molecular flexibility index (Phi) is 3.05. The van der Waals surface area contributed by atoms with Crippen LogP contribution in [0.3, 0.4) is 0 Å². The lowest BCUT2D eigenvalue weighted by Crippen LogP contribution is -2.41. The summed E-state index contributed by atoms with van der Waals surface area (Å²) in [5.41, 5.74) is 0.869. The smallest absolute Gasteiger partial charge is 0.223 e. The lowest BCUT2D eigenvalue weighted by atomic mass is 9.95. The number of rotatable bonds is 3. The summed E-state index contributed by atoms with van der Waals surface area (Å²) in [6.45, 7) is 1.75. The van der Waals surface area contributed by atoms with Crippen LogP contribution in [-0.2, 0) is 4.79 Å². The molecule has 5 nitrogen and oxygen atoms in total. The van der Waals surface area contributed by atoms with Gasteiger partial charge in [0, 0.05) is 31.2 Å². The molecule has 0 spiro atoms. The van der Waals surface area contributed by atoms with Crippen molar-refractivity contribution in [2.45, 2.75) is 31.7 Å². The molecule has 0 aromatic carbocycles. The number of furan rings is 1. The highest BCUT2D eigenvalue weighted by molar-refractivity contribution is 5.88. The van der Waals surface area contributed by atoms with Gasteiger partial charge < -0.3 is 14.6 Å². The van der Waals surface area contributed by atoms with E-state index in [0.29, 0.717) is 6.04 Å². The Bertz CT molecular complexity index is 654. The maximum Gasteiger partial charge on any atom is 0.223 e. The van der Waals surface area contributed by atoms with Gasteiger partial charge in [0.2, 0.25) is 5.91 Å². The fourth-order valence-corrected chi connectivity index (χ4v) is 3.03. The molecule has 2 fully saturated rings. The first-order valence-corrected chi connectivity index (χ1v) is 7.69. The van der Waals surface area contributed by atoms with Crippen molar-refractivity contribution in [2.75, 3.05) is 18.0 Å². The maximum atomic E-state index is 12.1. The van der Waals surface area contributed by atoms with E-state index in [0.717, 1.165) is 55.6 Å². The van der Waals surface area contributed by atoms with Crippen molar-refractivity contribution in [1.29, 1.82) is 0 Å². The first kappa shape index (κ1) is 12.7. The molecule has 3 heterocycles. The Labute approximate surface area is 123 Å². The predicted octanol–water partition coefficient (Wildman–Crippen LogP) is 2.32. The van der Waals surface area contributed by atoms with Crippen LogP contribution >= 0.6 is 0 Å². The molecule has 1 N–H and O–H groups in total. The zero-order valence-corrected chi connectivity index (χ0v) is 11.9. The zero-order chi connectivity index (χ0) is 14.2. The molecular weight excluding hydrogens is 266 g/mol. The van der Waals surface area contributed by atoms with Gasteiger partial charge in [-0.1, -0.05) is 0 Å². The van der Waals surface area contributed by atoms with Crippen molar-refractivity contribution in [1.82, 2.24) is 10.3 Å². The number of fused-ring (bicyclic) bond motifs is 1. The number of hydrogen-bond donors (Lipinski definition) is 1. The number of carbonyl (C=O) groups is 1. The molecule has 0 unspecified atom stereocenters. The summed E-state index contributed by atoms with van der Waals surface area (Å²) in [5.74, 6) is 1.37. The van der Waals surface area contributed by atoms with Gasteiger partial charge in [-0.2, -0.15) is 0 Å². The fourth-order valence-electron chi connectivity index (χ4n) is 3.03. The molecule has 0 radical (unpaired) electrons. The topological polar surface area (TPSA) is 58.4 Å². The summed E-state index contributed by atoms with van der Waals surface area (Å²) in [6.07, 6.45) is 7.58. The third-order valence-corrected chi connectivity index (χ3v) is 4.45. The van der Waals surface area contributed by atoms with Gasteiger partial charge >= 0.3 is 0 Å². The molecule has 21 heavy (non-hydrogen) atoms. The van der Waals surface area contributed by atoms with E-state index in [2.05, 4.69) is 15.2 Å². The van der Waals surface area contributed by atoms with Crippen LogP contribution in [0.15, 0.2) is 29.0 Å². The number of aromatic nitrogens is 1. The molecule has 1 aliphatic heterocycles. The number of amides is 1. The maximum absolute atomic E-state index is 12.1.